The van der Waals surface area contributed by atoms with Crippen molar-refractivity contribution in [2.45, 2.75) is 91.1 Å². The maximum absolute atomic E-state index is 12.8. The van der Waals surface area contributed by atoms with Crippen molar-refractivity contribution in [1.29, 1.82) is 0 Å². The highest BCUT2D eigenvalue weighted by molar-refractivity contribution is 5.84. The Morgan fingerprint density at radius 2 is 1.97 bits per heavy atom. The van der Waals surface area contributed by atoms with Crippen LogP contribution >= 0.6 is 0 Å². The minimum atomic E-state index is -0.104. The van der Waals surface area contributed by atoms with Crippen LogP contribution < -0.4 is 11.0 Å². The minimum absolute atomic E-state index is 0.00264. The first-order valence-electron chi connectivity index (χ1n) is 12.5. The molecular weight excluding hydrogens is 398 g/mol. The highest BCUT2D eigenvalue weighted by Crippen LogP contribution is 2.63. The van der Waals surface area contributed by atoms with Gasteiger partial charge in [0.15, 0.2) is 11.5 Å². The van der Waals surface area contributed by atoms with Crippen LogP contribution in [-0.4, -0.2) is 24.6 Å². The van der Waals surface area contributed by atoms with E-state index in [9.17, 15) is 4.79 Å². The third-order valence-corrected chi connectivity index (χ3v) is 10.00. The molecule has 174 valence electrons. The molecule has 2 aliphatic carbocycles. The smallest absolute Gasteiger partial charge is 0.330 e. The predicted molar refractivity (Wildman–Crippen MR) is 130 cm³/mol. The summed E-state index contributed by atoms with van der Waals surface area (Å²) in [4.78, 5) is 21.7. The van der Waals surface area contributed by atoms with Gasteiger partial charge < -0.3 is 5.32 Å². The van der Waals surface area contributed by atoms with Gasteiger partial charge in [0.25, 0.3) is 0 Å². The number of nitrogens with zero attached hydrogens (tertiary/aromatic N) is 4. The Morgan fingerprint density at radius 1 is 1.19 bits per heavy atom. The van der Waals surface area contributed by atoms with Crippen LogP contribution in [0.15, 0.2) is 23.3 Å². The van der Waals surface area contributed by atoms with Crippen LogP contribution in [0.1, 0.15) is 79.1 Å². The average Bonchev–Trinajstić information content (AvgIpc) is 2.91. The summed E-state index contributed by atoms with van der Waals surface area (Å²) in [6, 6.07) is 0. The van der Waals surface area contributed by atoms with E-state index in [1.165, 1.54) is 44.1 Å². The zero-order valence-electron chi connectivity index (χ0n) is 20.5. The number of anilines is 1. The Balaban J connectivity index is 1.43. The van der Waals surface area contributed by atoms with Crippen LogP contribution in [0.3, 0.4) is 0 Å². The van der Waals surface area contributed by atoms with E-state index >= 15 is 0 Å². The summed E-state index contributed by atoms with van der Waals surface area (Å²) < 4.78 is 3.49. The van der Waals surface area contributed by atoms with Crippen LogP contribution in [0, 0.1) is 22.7 Å². The van der Waals surface area contributed by atoms with E-state index in [2.05, 4.69) is 49.6 Å². The standard InChI is InChI=1S/C26H39N5O/c1-17-8-7-9-19-25(17,4)11-10-18(2)26(19,5)13-12-24(3)14-15-31-20-21(29-24)27-16-28-22(20)30(6)23(31)32/h16,18-19H,1,7-15H2,2-6H3,(H,27,28,29)/t18-,19+,24?,25+,26+/m1/s1. The van der Waals surface area contributed by atoms with Gasteiger partial charge in [-0.3, -0.25) is 9.13 Å². The number of imidazole rings is 1. The molecule has 2 saturated carbocycles. The monoisotopic (exact) mass is 437 g/mol. The lowest BCUT2D eigenvalue weighted by atomic mass is 9.46. The van der Waals surface area contributed by atoms with Gasteiger partial charge in [-0.15, -0.1) is 0 Å². The molecule has 0 spiro atoms. The summed E-state index contributed by atoms with van der Waals surface area (Å²) in [5, 5.41) is 3.76. The molecule has 0 radical (unpaired) electrons. The van der Waals surface area contributed by atoms with Crippen molar-refractivity contribution < 1.29 is 0 Å². The Hall–Kier alpha value is -2.11. The number of aromatic nitrogens is 4. The van der Waals surface area contributed by atoms with Gasteiger partial charge in [-0.1, -0.05) is 32.9 Å². The second-order valence-electron chi connectivity index (χ2n) is 11.7. The Bertz CT molecular complexity index is 1130. The van der Waals surface area contributed by atoms with Crippen molar-refractivity contribution in [3.63, 3.8) is 0 Å². The molecule has 2 aromatic rings. The van der Waals surface area contributed by atoms with E-state index in [1.54, 1.807) is 17.9 Å². The van der Waals surface area contributed by atoms with Gasteiger partial charge in [0.1, 0.15) is 11.8 Å². The SMILES string of the molecule is C=C1CCC[C@@H]2[C@@](C)(CCC3(C)CCn4c(=O)n(C)c5ncnc(c54)N3)[C@H](C)CC[C@@]12C. The lowest BCUT2D eigenvalue weighted by molar-refractivity contribution is -0.0579. The van der Waals surface area contributed by atoms with Gasteiger partial charge in [-0.05, 0) is 81.0 Å². The van der Waals surface area contributed by atoms with E-state index in [-0.39, 0.29) is 11.2 Å². The molecule has 1 N–H and O–H groups in total. The fourth-order valence-electron chi connectivity index (χ4n) is 7.36. The quantitative estimate of drug-likeness (QED) is 0.663. The van der Waals surface area contributed by atoms with Crippen molar-refractivity contribution in [2.24, 2.45) is 29.7 Å². The van der Waals surface area contributed by atoms with Crippen molar-refractivity contribution in [1.82, 2.24) is 19.1 Å². The maximum Gasteiger partial charge on any atom is 0.330 e. The highest BCUT2D eigenvalue weighted by atomic mass is 16.1. The molecule has 2 aromatic heterocycles. The molecule has 5 atom stereocenters. The third kappa shape index (κ3) is 3.01. The average molecular weight is 438 g/mol. The molecule has 0 saturated heterocycles. The second kappa shape index (κ2) is 7.19. The van der Waals surface area contributed by atoms with Crippen LogP contribution in [0.5, 0.6) is 0 Å². The number of hydrogen-bond donors (Lipinski definition) is 1. The predicted octanol–water partition coefficient (Wildman–Crippen LogP) is 5.28. The third-order valence-electron chi connectivity index (χ3n) is 10.00. The molecule has 1 aliphatic heterocycles. The number of aryl methyl sites for hydroxylation is 2. The lowest BCUT2D eigenvalue weighted by Gasteiger charge is -2.59. The number of rotatable bonds is 3. The molecule has 0 amide bonds. The van der Waals surface area contributed by atoms with E-state index in [4.69, 9.17) is 0 Å². The molecule has 5 rings (SSSR count). The highest BCUT2D eigenvalue weighted by Gasteiger charge is 2.54. The van der Waals surface area contributed by atoms with E-state index in [0.717, 1.165) is 24.2 Å². The van der Waals surface area contributed by atoms with E-state index < -0.39 is 0 Å². The van der Waals surface area contributed by atoms with Crippen molar-refractivity contribution in [2.75, 3.05) is 5.32 Å². The second-order valence-corrected chi connectivity index (χ2v) is 11.7. The van der Waals surface area contributed by atoms with Crippen LogP contribution in [0.25, 0.3) is 11.2 Å². The fourth-order valence-corrected chi connectivity index (χ4v) is 7.36. The molecule has 1 unspecified atom stereocenters. The van der Waals surface area contributed by atoms with Crippen molar-refractivity contribution in [3.8, 4) is 0 Å². The molecule has 32 heavy (non-hydrogen) atoms. The van der Waals surface area contributed by atoms with E-state index in [1.807, 2.05) is 4.57 Å². The Morgan fingerprint density at radius 3 is 2.75 bits per heavy atom. The molecule has 3 heterocycles. The Labute approximate surface area is 191 Å². The topological polar surface area (TPSA) is 64.7 Å². The van der Waals surface area contributed by atoms with Crippen LogP contribution in [0.4, 0.5) is 5.82 Å². The summed E-state index contributed by atoms with van der Waals surface area (Å²) in [6.07, 6.45) is 11.1. The van der Waals surface area contributed by atoms with Gasteiger partial charge in [0, 0.05) is 19.1 Å². The molecule has 3 aliphatic rings. The van der Waals surface area contributed by atoms with Gasteiger partial charge in [0.2, 0.25) is 0 Å². The largest absolute Gasteiger partial charge is 0.363 e. The van der Waals surface area contributed by atoms with Crippen LogP contribution in [0.2, 0.25) is 0 Å². The summed E-state index contributed by atoms with van der Waals surface area (Å²) in [7, 11) is 1.79. The van der Waals surface area contributed by atoms with Crippen LogP contribution in [-0.2, 0) is 13.6 Å². The first-order valence-corrected chi connectivity index (χ1v) is 12.5. The zero-order valence-corrected chi connectivity index (χ0v) is 20.5. The fraction of sp³-hybridized carbons (Fsp3) is 0.731. The summed E-state index contributed by atoms with van der Waals surface area (Å²) in [5.41, 5.74) is 3.54. The lowest BCUT2D eigenvalue weighted by Crippen LogP contribution is -2.51. The van der Waals surface area contributed by atoms with Gasteiger partial charge in [0.05, 0.1) is 0 Å². The van der Waals surface area contributed by atoms with Gasteiger partial charge in [-0.2, -0.15) is 0 Å². The van der Waals surface area contributed by atoms with E-state index in [0.29, 0.717) is 34.9 Å². The zero-order chi connectivity index (χ0) is 22.9. The van der Waals surface area contributed by atoms with Gasteiger partial charge >= 0.3 is 5.69 Å². The molecular formula is C26H39N5O. The molecule has 6 nitrogen and oxygen atoms in total. The molecule has 6 heteroatoms. The first kappa shape index (κ1) is 21.7. The van der Waals surface area contributed by atoms with Crippen molar-refractivity contribution >= 4 is 17.0 Å². The van der Waals surface area contributed by atoms with Gasteiger partial charge in [-0.25, -0.2) is 14.8 Å². The number of hydrogen-bond acceptors (Lipinski definition) is 4. The minimum Gasteiger partial charge on any atom is -0.363 e. The molecule has 0 bridgehead atoms. The number of nitrogens with one attached hydrogen (secondary N) is 1. The number of allylic oxidation sites excluding steroid dienone is 1. The molecule has 0 aromatic carbocycles. The normalized spacial score (nSPS) is 37.1. The number of fused-ring (bicyclic) bond motifs is 1. The van der Waals surface area contributed by atoms with Crippen molar-refractivity contribution in [3.05, 3.63) is 29.0 Å². The summed E-state index contributed by atoms with van der Waals surface area (Å²) in [5.74, 6) is 2.22. The maximum atomic E-state index is 12.8. The summed E-state index contributed by atoms with van der Waals surface area (Å²) >= 11 is 0. The first-order chi connectivity index (χ1) is 15.1. The molecule has 2 fully saturated rings. The Kier molecular flexibility index (Phi) is 4.88. The summed E-state index contributed by atoms with van der Waals surface area (Å²) in [6.45, 7) is 15.1.